The Bertz CT molecular complexity index is 1250. The minimum Gasteiger partial charge on any atom is -0.385 e. The molecule has 0 bridgehead atoms. The summed E-state index contributed by atoms with van der Waals surface area (Å²) in [6.07, 6.45) is -13.7. The van der Waals surface area contributed by atoms with Crippen LogP contribution in [0.4, 0.5) is 50.9 Å². The first kappa shape index (κ1) is 27.7. The molecule has 11 heteroatoms. The van der Waals surface area contributed by atoms with Crippen molar-refractivity contribution in [3.8, 4) is 0 Å². The Morgan fingerprint density at radius 1 is 0.789 bits per heavy atom. The average molecular weight is 546 g/mol. The van der Waals surface area contributed by atoms with E-state index >= 15 is 0 Å². The van der Waals surface area contributed by atoms with Gasteiger partial charge in [0, 0.05) is 24.5 Å². The first-order valence-electron chi connectivity index (χ1n) is 11.7. The van der Waals surface area contributed by atoms with E-state index in [4.69, 9.17) is 0 Å². The van der Waals surface area contributed by atoms with E-state index in [2.05, 4.69) is 5.32 Å². The first-order valence-corrected chi connectivity index (χ1v) is 11.7. The number of aryl methyl sites for hydroxylation is 1. The molecule has 0 aromatic heterocycles. The Balaban J connectivity index is 1.86. The molecule has 0 saturated carbocycles. The van der Waals surface area contributed by atoms with Crippen molar-refractivity contribution >= 4 is 11.4 Å². The van der Waals surface area contributed by atoms with Crippen LogP contribution in [0.2, 0.25) is 0 Å². The summed E-state index contributed by atoms with van der Waals surface area (Å²) in [5, 5.41) is 3.00. The molecule has 3 aromatic rings. The molecule has 38 heavy (non-hydrogen) atoms. The highest BCUT2D eigenvalue weighted by Crippen LogP contribution is 2.43. The number of halogens is 9. The molecule has 0 unspecified atom stereocenters. The lowest BCUT2D eigenvalue weighted by Gasteiger charge is -2.35. The first-order chi connectivity index (χ1) is 17.6. The number of hydrogen-bond acceptors (Lipinski definition) is 2. The topological polar surface area (TPSA) is 15.3 Å². The quantitative estimate of drug-likeness (QED) is 0.329. The number of nitrogens with zero attached hydrogens (tertiary/aromatic N) is 1. The summed E-state index contributed by atoms with van der Waals surface area (Å²) in [6, 6.07) is 11.6. The van der Waals surface area contributed by atoms with Crippen molar-refractivity contribution in [3.63, 3.8) is 0 Å². The zero-order valence-electron chi connectivity index (χ0n) is 20.0. The van der Waals surface area contributed by atoms with Gasteiger partial charge in [-0.2, -0.15) is 39.5 Å². The maximum Gasteiger partial charge on any atom is 0.416 e. The molecule has 0 saturated heterocycles. The third kappa shape index (κ3) is 6.02. The van der Waals surface area contributed by atoms with Crippen LogP contribution in [-0.2, 0) is 25.1 Å². The molecule has 1 aliphatic rings. The highest BCUT2D eigenvalue weighted by atomic mass is 19.4. The van der Waals surface area contributed by atoms with Crippen LogP contribution >= 0.6 is 0 Å². The van der Waals surface area contributed by atoms with Gasteiger partial charge in [0.2, 0.25) is 0 Å². The number of benzene rings is 3. The highest BCUT2D eigenvalue weighted by Gasteiger charge is 2.38. The molecule has 0 amide bonds. The third-order valence-corrected chi connectivity index (χ3v) is 6.50. The fraction of sp³-hybridized carbons (Fsp3) is 0.333. The molecule has 1 heterocycles. The van der Waals surface area contributed by atoms with Crippen molar-refractivity contribution < 1.29 is 39.5 Å². The molecule has 1 N–H and O–H groups in total. The van der Waals surface area contributed by atoms with Gasteiger partial charge in [-0.1, -0.05) is 24.3 Å². The number of alkyl halides is 9. The van der Waals surface area contributed by atoms with Gasteiger partial charge in [0.05, 0.1) is 22.7 Å². The zero-order chi connectivity index (χ0) is 27.9. The van der Waals surface area contributed by atoms with Gasteiger partial charge in [-0.3, -0.25) is 0 Å². The van der Waals surface area contributed by atoms with E-state index in [-0.39, 0.29) is 29.4 Å². The van der Waals surface area contributed by atoms with Crippen LogP contribution in [0.5, 0.6) is 0 Å². The van der Waals surface area contributed by atoms with Crippen molar-refractivity contribution in [2.24, 2.45) is 0 Å². The maximum absolute atomic E-state index is 13.6. The Morgan fingerprint density at radius 3 is 1.95 bits per heavy atom. The minimum atomic E-state index is -5.00. The largest absolute Gasteiger partial charge is 0.416 e. The van der Waals surface area contributed by atoms with Gasteiger partial charge in [0.1, 0.15) is 0 Å². The average Bonchev–Trinajstić information content (AvgIpc) is 3.02. The second kappa shape index (κ2) is 10.1. The van der Waals surface area contributed by atoms with Crippen molar-refractivity contribution in [2.45, 2.75) is 50.9 Å². The van der Waals surface area contributed by atoms with E-state index in [1.54, 1.807) is 35.2 Å². The lowest BCUT2D eigenvalue weighted by molar-refractivity contribution is -0.143. The van der Waals surface area contributed by atoms with Gasteiger partial charge in [0.25, 0.3) is 0 Å². The molecule has 0 spiro atoms. The lowest BCUT2D eigenvalue weighted by atomic mass is 9.94. The van der Waals surface area contributed by atoms with Gasteiger partial charge in [-0.05, 0) is 72.9 Å². The van der Waals surface area contributed by atoms with Gasteiger partial charge in [-0.15, -0.1) is 0 Å². The highest BCUT2D eigenvalue weighted by molar-refractivity contribution is 5.61. The SMILES string of the molecule is Cc1cc2c(cc1C(F)(F)F)NCCC[C@@H]2N(Cc1cc(C(F)(F)F)cc(C(F)(F)F)c1)c1ccccc1. The molecule has 3 aromatic carbocycles. The van der Waals surface area contributed by atoms with Gasteiger partial charge < -0.3 is 10.2 Å². The van der Waals surface area contributed by atoms with E-state index in [1.165, 1.54) is 13.0 Å². The third-order valence-electron chi connectivity index (χ3n) is 6.50. The molecule has 204 valence electrons. The Hall–Kier alpha value is -3.37. The van der Waals surface area contributed by atoms with E-state index in [1.807, 2.05) is 0 Å². The fourth-order valence-electron chi connectivity index (χ4n) is 4.77. The van der Waals surface area contributed by atoms with Crippen molar-refractivity contribution in [1.82, 2.24) is 0 Å². The zero-order valence-corrected chi connectivity index (χ0v) is 20.0. The predicted molar refractivity (Wildman–Crippen MR) is 126 cm³/mol. The van der Waals surface area contributed by atoms with Crippen LogP contribution in [0.1, 0.15) is 52.3 Å². The van der Waals surface area contributed by atoms with Crippen LogP contribution in [0.15, 0.2) is 60.7 Å². The van der Waals surface area contributed by atoms with Crippen LogP contribution < -0.4 is 10.2 Å². The molecular weight excluding hydrogens is 523 g/mol. The Labute approximate surface area is 213 Å². The molecule has 1 atom stereocenters. The molecule has 1 aliphatic heterocycles. The normalized spacial score (nSPS) is 16.4. The van der Waals surface area contributed by atoms with Gasteiger partial charge in [0.15, 0.2) is 0 Å². The van der Waals surface area contributed by atoms with Gasteiger partial charge >= 0.3 is 18.5 Å². The Morgan fingerprint density at radius 2 is 1.39 bits per heavy atom. The van der Waals surface area contributed by atoms with E-state index < -0.39 is 41.3 Å². The number of para-hydroxylation sites is 1. The summed E-state index contributed by atoms with van der Waals surface area (Å²) in [5.41, 5.74) is -2.70. The summed E-state index contributed by atoms with van der Waals surface area (Å²) < 4.78 is 122. The number of nitrogens with one attached hydrogen (secondary N) is 1. The standard InChI is InChI=1S/C27H23F9N2/c1-16-10-21-23(14-22(16)27(34,35)36)37-9-5-8-24(21)38(20-6-3-2-4-7-20)15-17-11-18(25(28,29)30)13-19(12-17)26(31,32)33/h2-4,6-7,10-14,24,37H,5,8-9,15H2,1H3/t24-/m0/s1. The van der Waals surface area contributed by atoms with Crippen molar-refractivity contribution in [3.05, 3.63) is 94.0 Å². The molecular formula is C27H23F9N2. The molecule has 0 radical (unpaired) electrons. The van der Waals surface area contributed by atoms with E-state index in [0.29, 0.717) is 42.8 Å². The second-order valence-electron chi connectivity index (χ2n) is 9.21. The molecule has 0 aliphatic carbocycles. The van der Waals surface area contributed by atoms with E-state index in [0.717, 1.165) is 6.07 Å². The van der Waals surface area contributed by atoms with Crippen molar-refractivity contribution in [1.29, 1.82) is 0 Å². The molecule has 2 nitrogen and oxygen atoms in total. The Kier molecular flexibility index (Phi) is 7.33. The number of hydrogen-bond donors (Lipinski definition) is 1. The number of rotatable bonds is 4. The van der Waals surface area contributed by atoms with Crippen LogP contribution in [-0.4, -0.2) is 6.54 Å². The molecule has 0 fully saturated rings. The lowest BCUT2D eigenvalue weighted by Crippen LogP contribution is -2.29. The molecule has 4 rings (SSSR count). The summed E-state index contributed by atoms with van der Waals surface area (Å²) in [4.78, 5) is 1.65. The second-order valence-corrected chi connectivity index (χ2v) is 9.21. The monoisotopic (exact) mass is 546 g/mol. The minimum absolute atomic E-state index is 0.0311. The summed E-state index contributed by atoms with van der Waals surface area (Å²) in [7, 11) is 0. The van der Waals surface area contributed by atoms with Crippen LogP contribution in [0.25, 0.3) is 0 Å². The van der Waals surface area contributed by atoms with Crippen LogP contribution in [0, 0.1) is 6.92 Å². The van der Waals surface area contributed by atoms with Gasteiger partial charge in [-0.25, -0.2) is 0 Å². The van der Waals surface area contributed by atoms with Crippen molar-refractivity contribution in [2.75, 3.05) is 16.8 Å². The van der Waals surface area contributed by atoms with E-state index in [9.17, 15) is 39.5 Å². The smallest absolute Gasteiger partial charge is 0.385 e. The maximum atomic E-state index is 13.6. The summed E-state index contributed by atoms with van der Waals surface area (Å²) in [5.74, 6) is 0. The summed E-state index contributed by atoms with van der Waals surface area (Å²) in [6.45, 7) is 1.34. The number of anilines is 2. The van der Waals surface area contributed by atoms with Crippen LogP contribution in [0.3, 0.4) is 0 Å². The predicted octanol–water partition coefficient (Wildman–Crippen LogP) is 9.01. The fourth-order valence-corrected chi connectivity index (χ4v) is 4.77. The summed E-state index contributed by atoms with van der Waals surface area (Å²) >= 11 is 0. The number of fused-ring (bicyclic) bond motifs is 1.